The van der Waals surface area contributed by atoms with Crippen LogP contribution in [0.25, 0.3) is 0 Å². The molecular formula is C13H25N3S. The fourth-order valence-corrected chi connectivity index (χ4v) is 2.56. The fraction of sp³-hybridized carbons (Fsp3) is 0.846. The highest BCUT2D eigenvalue weighted by atomic mass is 32.1. The van der Waals surface area contributed by atoms with Crippen LogP contribution in [0.2, 0.25) is 0 Å². The first-order valence-corrected chi connectivity index (χ1v) is 7.72. The molecule has 0 aliphatic rings. The summed E-state index contributed by atoms with van der Waals surface area (Å²) in [5, 5.41) is 9.72. The number of aromatic nitrogens is 2. The van der Waals surface area contributed by atoms with Crippen molar-refractivity contribution in [1.82, 2.24) is 14.9 Å². The van der Waals surface area contributed by atoms with Gasteiger partial charge in [-0.1, -0.05) is 56.9 Å². The Hall–Kier alpha value is -0.480. The van der Waals surface area contributed by atoms with Crippen LogP contribution in [0.15, 0.2) is 5.38 Å². The summed E-state index contributed by atoms with van der Waals surface area (Å²) in [4.78, 5) is 0. The highest BCUT2D eigenvalue weighted by Gasteiger charge is 2.12. The van der Waals surface area contributed by atoms with Gasteiger partial charge in [0.05, 0.1) is 11.7 Å². The Bertz CT molecular complexity index is 262. The first kappa shape index (κ1) is 14.6. The summed E-state index contributed by atoms with van der Waals surface area (Å²) < 4.78 is 3.95. The zero-order valence-electron chi connectivity index (χ0n) is 11.1. The molecule has 0 bridgehead atoms. The van der Waals surface area contributed by atoms with E-state index in [9.17, 15) is 0 Å². The van der Waals surface area contributed by atoms with Crippen LogP contribution in [0, 0.1) is 0 Å². The Labute approximate surface area is 109 Å². The Kier molecular flexibility index (Phi) is 8.18. The summed E-state index contributed by atoms with van der Waals surface area (Å²) in [7, 11) is 0. The lowest BCUT2D eigenvalue weighted by atomic mass is 10.0. The second kappa shape index (κ2) is 9.54. The standard InChI is InChI=1S/C13H25N3S/c1-3-5-6-7-8-9-10-12(14-4-2)13-11-17-16-15-13/h11-12,14H,3-10H2,1-2H3. The van der Waals surface area contributed by atoms with Crippen molar-refractivity contribution in [3.8, 4) is 0 Å². The molecule has 1 aromatic rings. The van der Waals surface area contributed by atoms with Crippen LogP contribution in [0.1, 0.15) is 70.5 Å². The Morgan fingerprint density at radius 3 is 2.59 bits per heavy atom. The molecule has 17 heavy (non-hydrogen) atoms. The van der Waals surface area contributed by atoms with Crippen molar-refractivity contribution in [3.63, 3.8) is 0 Å². The van der Waals surface area contributed by atoms with Crippen LogP contribution in [0.5, 0.6) is 0 Å². The summed E-state index contributed by atoms with van der Waals surface area (Å²) >= 11 is 1.44. The third-order valence-corrected chi connectivity index (χ3v) is 3.55. The van der Waals surface area contributed by atoms with Gasteiger partial charge in [0.2, 0.25) is 0 Å². The molecule has 1 rings (SSSR count). The van der Waals surface area contributed by atoms with Crippen molar-refractivity contribution in [2.45, 2.75) is 64.8 Å². The molecule has 0 saturated heterocycles. The van der Waals surface area contributed by atoms with E-state index in [2.05, 4.69) is 34.1 Å². The maximum atomic E-state index is 4.17. The summed E-state index contributed by atoms with van der Waals surface area (Å²) in [6.45, 7) is 5.41. The second-order valence-electron chi connectivity index (χ2n) is 4.50. The molecule has 0 amide bonds. The predicted octanol–water partition coefficient (Wildman–Crippen LogP) is 3.94. The van der Waals surface area contributed by atoms with E-state index in [1.807, 2.05) is 0 Å². The molecule has 0 aliphatic carbocycles. The molecule has 1 aromatic heterocycles. The highest BCUT2D eigenvalue weighted by Crippen LogP contribution is 2.19. The topological polar surface area (TPSA) is 37.8 Å². The van der Waals surface area contributed by atoms with Gasteiger partial charge in [0.15, 0.2) is 0 Å². The minimum Gasteiger partial charge on any atom is -0.309 e. The normalized spacial score (nSPS) is 12.8. The SMILES string of the molecule is CCCCCCCCC(NCC)c1csnn1. The maximum absolute atomic E-state index is 4.17. The van der Waals surface area contributed by atoms with Gasteiger partial charge >= 0.3 is 0 Å². The third-order valence-electron chi connectivity index (χ3n) is 3.03. The molecule has 1 atom stereocenters. The Balaban J connectivity index is 2.17. The van der Waals surface area contributed by atoms with E-state index in [1.54, 1.807) is 0 Å². The monoisotopic (exact) mass is 255 g/mol. The van der Waals surface area contributed by atoms with Crippen LogP contribution in [0.4, 0.5) is 0 Å². The van der Waals surface area contributed by atoms with E-state index in [1.165, 1.54) is 56.5 Å². The van der Waals surface area contributed by atoms with Crippen molar-refractivity contribution in [1.29, 1.82) is 0 Å². The van der Waals surface area contributed by atoms with Gasteiger partial charge in [-0.3, -0.25) is 0 Å². The lowest BCUT2D eigenvalue weighted by Gasteiger charge is -2.14. The smallest absolute Gasteiger partial charge is 0.0924 e. The van der Waals surface area contributed by atoms with E-state index in [4.69, 9.17) is 0 Å². The molecule has 0 saturated carbocycles. The lowest BCUT2D eigenvalue weighted by Crippen LogP contribution is -2.21. The molecule has 3 nitrogen and oxygen atoms in total. The molecule has 0 fully saturated rings. The quantitative estimate of drug-likeness (QED) is 0.643. The van der Waals surface area contributed by atoms with Gasteiger partial charge in [0.25, 0.3) is 0 Å². The second-order valence-corrected chi connectivity index (χ2v) is 5.11. The van der Waals surface area contributed by atoms with Crippen molar-refractivity contribution < 1.29 is 0 Å². The molecule has 0 spiro atoms. The summed E-state index contributed by atoms with van der Waals surface area (Å²) in [5.74, 6) is 0. The van der Waals surface area contributed by atoms with Crippen LogP contribution >= 0.6 is 11.5 Å². The number of hydrogen-bond donors (Lipinski definition) is 1. The fourth-order valence-electron chi connectivity index (χ4n) is 2.05. The average Bonchev–Trinajstić information content (AvgIpc) is 2.86. The van der Waals surface area contributed by atoms with Crippen LogP contribution < -0.4 is 5.32 Å². The predicted molar refractivity (Wildman–Crippen MR) is 74.3 cm³/mol. The molecule has 0 radical (unpaired) electrons. The number of unbranched alkanes of at least 4 members (excludes halogenated alkanes) is 5. The van der Waals surface area contributed by atoms with Crippen LogP contribution in [0.3, 0.4) is 0 Å². The van der Waals surface area contributed by atoms with E-state index in [0.717, 1.165) is 12.2 Å². The zero-order chi connectivity index (χ0) is 12.3. The first-order chi connectivity index (χ1) is 8.38. The summed E-state index contributed by atoms with van der Waals surface area (Å²) in [6, 6.07) is 0.407. The minimum atomic E-state index is 0.407. The van der Waals surface area contributed by atoms with Crippen LogP contribution in [-0.4, -0.2) is 16.1 Å². The van der Waals surface area contributed by atoms with E-state index < -0.39 is 0 Å². The third kappa shape index (κ3) is 6.13. The van der Waals surface area contributed by atoms with Crippen LogP contribution in [-0.2, 0) is 0 Å². The number of hydrogen-bond acceptors (Lipinski definition) is 4. The molecule has 1 heterocycles. The van der Waals surface area contributed by atoms with Crippen molar-refractivity contribution in [2.75, 3.05) is 6.54 Å². The zero-order valence-corrected chi connectivity index (χ0v) is 11.9. The van der Waals surface area contributed by atoms with Gasteiger partial charge in [-0.15, -0.1) is 5.10 Å². The van der Waals surface area contributed by atoms with Crippen molar-refractivity contribution >= 4 is 11.5 Å². The average molecular weight is 255 g/mol. The molecular weight excluding hydrogens is 230 g/mol. The van der Waals surface area contributed by atoms with Crippen molar-refractivity contribution in [2.24, 2.45) is 0 Å². The highest BCUT2D eigenvalue weighted by molar-refractivity contribution is 7.03. The Morgan fingerprint density at radius 1 is 1.18 bits per heavy atom. The molecule has 1 unspecified atom stereocenters. The van der Waals surface area contributed by atoms with Gasteiger partial charge < -0.3 is 5.32 Å². The number of rotatable bonds is 10. The van der Waals surface area contributed by atoms with Gasteiger partial charge in [-0.05, 0) is 24.5 Å². The van der Waals surface area contributed by atoms with Gasteiger partial charge in [-0.25, -0.2) is 0 Å². The van der Waals surface area contributed by atoms with E-state index >= 15 is 0 Å². The summed E-state index contributed by atoms with van der Waals surface area (Å²) in [6.07, 6.45) is 9.30. The number of nitrogens with one attached hydrogen (secondary N) is 1. The Morgan fingerprint density at radius 2 is 1.94 bits per heavy atom. The largest absolute Gasteiger partial charge is 0.309 e. The summed E-state index contributed by atoms with van der Waals surface area (Å²) in [5.41, 5.74) is 1.12. The van der Waals surface area contributed by atoms with E-state index in [-0.39, 0.29) is 0 Å². The molecule has 4 heteroatoms. The van der Waals surface area contributed by atoms with Gasteiger partial charge in [0, 0.05) is 5.38 Å². The molecule has 1 N–H and O–H groups in total. The first-order valence-electron chi connectivity index (χ1n) is 6.88. The molecule has 98 valence electrons. The van der Waals surface area contributed by atoms with Gasteiger partial charge in [-0.2, -0.15) is 0 Å². The minimum absolute atomic E-state index is 0.407. The maximum Gasteiger partial charge on any atom is 0.0924 e. The van der Waals surface area contributed by atoms with E-state index in [0.29, 0.717) is 6.04 Å². The number of nitrogens with zero attached hydrogens (tertiary/aromatic N) is 2. The van der Waals surface area contributed by atoms with Crippen molar-refractivity contribution in [3.05, 3.63) is 11.1 Å². The van der Waals surface area contributed by atoms with Gasteiger partial charge in [0.1, 0.15) is 0 Å². The molecule has 0 aliphatic heterocycles. The molecule has 0 aromatic carbocycles. The lowest BCUT2D eigenvalue weighted by molar-refractivity contribution is 0.468.